The number of halogens is 1. The van der Waals surface area contributed by atoms with E-state index in [9.17, 15) is 14.5 Å². The minimum atomic E-state index is -0.843. The van der Waals surface area contributed by atoms with Crippen molar-refractivity contribution in [3.05, 3.63) is 87.5 Å². The van der Waals surface area contributed by atoms with Gasteiger partial charge in [0.1, 0.15) is 5.75 Å². The van der Waals surface area contributed by atoms with Crippen LogP contribution in [0.15, 0.2) is 54.9 Å². The Kier molecular flexibility index (Phi) is 4.08. The van der Waals surface area contributed by atoms with Crippen LogP contribution in [0.1, 0.15) is 16.7 Å². The molecule has 0 fully saturated rings. The molecule has 0 aliphatic carbocycles. The summed E-state index contributed by atoms with van der Waals surface area (Å²) in [4.78, 5) is 14.4. The lowest BCUT2D eigenvalue weighted by molar-refractivity contribution is -0.387. The summed E-state index contributed by atoms with van der Waals surface area (Å²) in [6, 6.07) is 11.9. The van der Waals surface area contributed by atoms with Crippen molar-refractivity contribution in [1.29, 1.82) is 0 Å². The molecule has 5 nitrogen and oxygen atoms in total. The minimum absolute atomic E-state index is 0.534. The molecule has 2 heterocycles. The maximum absolute atomic E-state index is 13.7. The first-order chi connectivity index (χ1) is 12.6. The number of ether oxygens (including phenoxy) is 1. The molecule has 0 saturated carbocycles. The number of hydrogen-bond acceptors (Lipinski definition) is 4. The maximum Gasteiger partial charge on any atom is 0.305 e. The van der Waals surface area contributed by atoms with E-state index in [1.165, 1.54) is 6.07 Å². The van der Waals surface area contributed by atoms with E-state index < -0.39 is 16.4 Å². The van der Waals surface area contributed by atoms with Crippen molar-refractivity contribution in [3.8, 4) is 16.9 Å². The molecule has 0 spiro atoms. The number of nitro groups is 1. The number of pyridine rings is 1. The summed E-state index contributed by atoms with van der Waals surface area (Å²) >= 11 is 0. The van der Waals surface area contributed by atoms with E-state index in [4.69, 9.17) is 4.74 Å². The van der Waals surface area contributed by atoms with Crippen molar-refractivity contribution in [2.45, 2.75) is 12.8 Å². The normalized spacial score (nSPS) is 12.5. The monoisotopic (exact) mass is 350 g/mol. The molecule has 0 atom stereocenters. The molecular weight excluding hydrogens is 335 g/mol. The second-order valence-corrected chi connectivity index (χ2v) is 6.19. The average molecular weight is 350 g/mol. The first kappa shape index (κ1) is 16.2. The summed E-state index contributed by atoms with van der Waals surface area (Å²) in [5.74, 6) is -0.117. The van der Waals surface area contributed by atoms with Crippen LogP contribution in [-0.4, -0.2) is 16.5 Å². The number of hydrogen-bond donors (Lipinski definition) is 0. The second kappa shape index (κ2) is 6.55. The summed E-state index contributed by atoms with van der Waals surface area (Å²) in [6.45, 7) is 0.574. The fraction of sp³-hybridized carbons (Fsp3) is 0.150. The van der Waals surface area contributed by atoms with Crippen LogP contribution in [-0.2, 0) is 12.8 Å². The van der Waals surface area contributed by atoms with Crippen LogP contribution in [0.4, 0.5) is 10.1 Å². The Morgan fingerprint density at radius 1 is 1.12 bits per heavy atom. The van der Waals surface area contributed by atoms with Gasteiger partial charge in [0.05, 0.1) is 11.5 Å². The summed E-state index contributed by atoms with van der Waals surface area (Å²) in [7, 11) is 0. The molecule has 26 heavy (non-hydrogen) atoms. The predicted octanol–water partition coefficient (Wildman–Crippen LogP) is 4.32. The van der Waals surface area contributed by atoms with Gasteiger partial charge >= 0.3 is 5.69 Å². The zero-order valence-electron chi connectivity index (χ0n) is 13.8. The van der Waals surface area contributed by atoms with Gasteiger partial charge in [-0.05, 0) is 52.9 Å². The average Bonchev–Trinajstić information content (AvgIpc) is 3.11. The van der Waals surface area contributed by atoms with E-state index in [-0.39, 0.29) is 0 Å². The second-order valence-electron chi connectivity index (χ2n) is 6.19. The highest BCUT2D eigenvalue weighted by atomic mass is 19.1. The molecule has 0 amide bonds. The molecule has 0 radical (unpaired) electrons. The first-order valence-corrected chi connectivity index (χ1v) is 8.23. The number of rotatable bonds is 4. The maximum atomic E-state index is 13.7. The molecule has 0 bridgehead atoms. The Bertz CT molecular complexity index is 990. The van der Waals surface area contributed by atoms with Crippen molar-refractivity contribution in [2.75, 3.05) is 6.61 Å². The van der Waals surface area contributed by atoms with Crippen LogP contribution in [0.5, 0.6) is 5.75 Å². The fourth-order valence-electron chi connectivity index (χ4n) is 3.25. The van der Waals surface area contributed by atoms with Crippen molar-refractivity contribution in [1.82, 2.24) is 4.98 Å². The van der Waals surface area contributed by atoms with E-state index in [1.54, 1.807) is 18.5 Å². The highest BCUT2D eigenvalue weighted by molar-refractivity contribution is 5.75. The lowest BCUT2D eigenvalue weighted by Crippen LogP contribution is -1.96. The number of benzene rings is 2. The van der Waals surface area contributed by atoms with Crippen molar-refractivity contribution >= 4 is 5.69 Å². The van der Waals surface area contributed by atoms with E-state index in [0.717, 1.165) is 40.5 Å². The molecule has 130 valence electrons. The van der Waals surface area contributed by atoms with Crippen LogP contribution < -0.4 is 4.74 Å². The molecule has 3 aromatic rings. The van der Waals surface area contributed by atoms with Crippen LogP contribution in [0.3, 0.4) is 0 Å². The smallest absolute Gasteiger partial charge is 0.305 e. The van der Waals surface area contributed by atoms with Gasteiger partial charge in [0.15, 0.2) is 0 Å². The Morgan fingerprint density at radius 2 is 1.92 bits per heavy atom. The standard InChI is InChI=1S/C20H15FN2O3/c21-18-2-1-15(12-19(18)23(24)25)17-11-14(9-13-3-6-22-7-4-13)10-16-5-8-26-20(16)17/h1-4,6-7,10-12H,5,8-9H2. The van der Waals surface area contributed by atoms with Crippen molar-refractivity contribution < 1.29 is 14.1 Å². The first-order valence-electron chi connectivity index (χ1n) is 8.23. The SMILES string of the molecule is O=[N+]([O-])c1cc(-c2cc(Cc3ccncc3)cc3c2OCC3)ccc1F. The van der Waals surface area contributed by atoms with Gasteiger partial charge in [0, 0.05) is 30.4 Å². The van der Waals surface area contributed by atoms with Gasteiger partial charge in [-0.1, -0.05) is 12.1 Å². The summed E-state index contributed by atoms with van der Waals surface area (Å²) in [6.07, 6.45) is 4.99. The van der Waals surface area contributed by atoms with Gasteiger partial charge in [0.2, 0.25) is 5.82 Å². The number of fused-ring (bicyclic) bond motifs is 1. The van der Waals surface area contributed by atoms with Crippen molar-refractivity contribution in [2.24, 2.45) is 0 Å². The van der Waals surface area contributed by atoms with Crippen LogP contribution in [0.25, 0.3) is 11.1 Å². The molecule has 6 heteroatoms. The molecule has 0 saturated heterocycles. The molecule has 2 aromatic carbocycles. The lowest BCUT2D eigenvalue weighted by Gasteiger charge is -2.12. The Labute approximate surface area is 149 Å². The molecule has 0 unspecified atom stereocenters. The van der Waals surface area contributed by atoms with Crippen molar-refractivity contribution in [3.63, 3.8) is 0 Å². The Morgan fingerprint density at radius 3 is 2.69 bits per heavy atom. The van der Waals surface area contributed by atoms with Gasteiger partial charge in [-0.15, -0.1) is 0 Å². The van der Waals surface area contributed by atoms with Crippen LogP contribution in [0, 0.1) is 15.9 Å². The molecule has 1 aliphatic rings. The zero-order valence-corrected chi connectivity index (χ0v) is 13.8. The van der Waals surface area contributed by atoms with Gasteiger partial charge in [-0.3, -0.25) is 15.1 Å². The largest absolute Gasteiger partial charge is 0.492 e. The Hall–Kier alpha value is -3.28. The third-order valence-electron chi connectivity index (χ3n) is 4.45. The van der Waals surface area contributed by atoms with Gasteiger partial charge in [0.25, 0.3) is 0 Å². The molecule has 1 aliphatic heterocycles. The lowest BCUT2D eigenvalue weighted by atomic mass is 9.95. The van der Waals surface area contributed by atoms with E-state index in [2.05, 4.69) is 11.1 Å². The minimum Gasteiger partial charge on any atom is -0.492 e. The number of nitrogens with zero attached hydrogens (tertiary/aromatic N) is 2. The van der Waals surface area contributed by atoms with Gasteiger partial charge in [-0.2, -0.15) is 4.39 Å². The van der Waals surface area contributed by atoms with E-state index in [0.29, 0.717) is 18.6 Å². The molecular formula is C20H15FN2O3. The van der Waals surface area contributed by atoms with Gasteiger partial charge < -0.3 is 4.74 Å². The predicted molar refractivity (Wildman–Crippen MR) is 94.7 cm³/mol. The van der Waals surface area contributed by atoms with Crippen LogP contribution in [0.2, 0.25) is 0 Å². The Balaban J connectivity index is 1.81. The summed E-state index contributed by atoms with van der Waals surface area (Å²) < 4.78 is 19.4. The highest BCUT2D eigenvalue weighted by Crippen LogP contribution is 2.39. The van der Waals surface area contributed by atoms with Crippen LogP contribution >= 0.6 is 0 Å². The molecule has 1 aromatic heterocycles. The third-order valence-corrected chi connectivity index (χ3v) is 4.45. The van der Waals surface area contributed by atoms with E-state index in [1.807, 2.05) is 18.2 Å². The van der Waals surface area contributed by atoms with E-state index >= 15 is 0 Å². The topological polar surface area (TPSA) is 65.3 Å². The highest BCUT2D eigenvalue weighted by Gasteiger charge is 2.22. The summed E-state index contributed by atoms with van der Waals surface area (Å²) in [5.41, 5.74) is 4.06. The van der Waals surface area contributed by atoms with Gasteiger partial charge in [-0.25, -0.2) is 0 Å². The number of nitro benzene ring substituents is 1. The quantitative estimate of drug-likeness (QED) is 0.519. The zero-order chi connectivity index (χ0) is 18.1. The fourth-order valence-corrected chi connectivity index (χ4v) is 3.25. The molecule has 0 N–H and O–H groups in total. The molecule has 4 rings (SSSR count). The number of aromatic nitrogens is 1. The summed E-state index contributed by atoms with van der Waals surface area (Å²) in [5, 5.41) is 11.1. The third kappa shape index (κ3) is 3.01.